The second kappa shape index (κ2) is 5.55. The average Bonchev–Trinajstić information content (AvgIpc) is 2.77. The molecular weight excluding hydrogens is 302 g/mol. The standard InChI is InChI=1S/C15H17N3O3S/c1-10-14(17-11(2)21-10)12-5-7-13(8-6-12)22(19,20)18-15(3,4)9-16/h5-8,18H,1-4H3. The van der Waals surface area contributed by atoms with Gasteiger partial charge in [-0.1, -0.05) is 12.1 Å². The van der Waals surface area contributed by atoms with E-state index in [9.17, 15) is 8.42 Å². The second-order valence-electron chi connectivity index (χ2n) is 5.50. The van der Waals surface area contributed by atoms with Crippen molar-refractivity contribution in [2.75, 3.05) is 0 Å². The minimum atomic E-state index is -3.75. The van der Waals surface area contributed by atoms with Gasteiger partial charge in [0.25, 0.3) is 0 Å². The van der Waals surface area contributed by atoms with Gasteiger partial charge in [-0.25, -0.2) is 13.4 Å². The number of nitriles is 1. The van der Waals surface area contributed by atoms with E-state index < -0.39 is 15.6 Å². The number of nitrogens with zero attached hydrogens (tertiary/aromatic N) is 2. The predicted octanol–water partition coefficient (Wildman–Crippen LogP) is 2.54. The summed E-state index contributed by atoms with van der Waals surface area (Å²) < 4.78 is 32.2. The van der Waals surface area contributed by atoms with Crippen LogP contribution in [0.4, 0.5) is 0 Å². The van der Waals surface area contributed by atoms with Crippen LogP contribution in [0.2, 0.25) is 0 Å². The Morgan fingerprint density at radius 2 is 1.82 bits per heavy atom. The van der Waals surface area contributed by atoms with Crippen LogP contribution < -0.4 is 4.72 Å². The summed E-state index contributed by atoms with van der Waals surface area (Å²) in [5.41, 5.74) is 0.289. The van der Waals surface area contributed by atoms with E-state index in [1.807, 2.05) is 6.07 Å². The highest BCUT2D eigenvalue weighted by Gasteiger charge is 2.25. The van der Waals surface area contributed by atoms with Crippen LogP contribution >= 0.6 is 0 Å². The van der Waals surface area contributed by atoms with Gasteiger partial charge in [-0.05, 0) is 32.9 Å². The smallest absolute Gasteiger partial charge is 0.241 e. The van der Waals surface area contributed by atoms with Gasteiger partial charge in [-0.2, -0.15) is 9.98 Å². The Hall–Kier alpha value is -2.17. The Labute approximate surface area is 129 Å². The summed E-state index contributed by atoms with van der Waals surface area (Å²) in [7, 11) is -3.75. The first-order chi connectivity index (χ1) is 10.1. The van der Waals surface area contributed by atoms with Crippen molar-refractivity contribution in [3.05, 3.63) is 35.9 Å². The van der Waals surface area contributed by atoms with Gasteiger partial charge in [-0.15, -0.1) is 0 Å². The van der Waals surface area contributed by atoms with Crippen molar-refractivity contribution in [3.63, 3.8) is 0 Å². The Bertz CT molecular complexity index is 828. The lowest BCUT2D eigenvalue weighted by atomic mass is 10.1. The topological polar surface area (TPSA) is 96.0 Å². The molecule has 0 saturated carbocycles. The number of hydrogen-bond acceptors (Lipinski definition) is 5. The molecule has 1 N–H and O–H groups in total. The van der Waals surface area contributed by atoms with Crippen LogP contribution in [0.15, 0.2) is 33.6 Å². The fourth-order valence-electron chi connectivity index (χ4n) is 2.01. The maximum Gasteiger partial charge on any atom is 0.241 e. The van der Waals surface area contributed by atoms with Crippen LogP contribution in [0.1, 0.15) is 25.5 Å². The van der Waals surface area contributed by atoms with E-state index in [4.69, 9.17) is 9.68 Å². The average molecular weight is 319 g/mol. The molecule has 0 aliphatic carbocycles. The minimum Gasteiger partial charge on any atom is -0.446 e. The van der Waals surface area contributed by atoms with E-state index in [1.54, 1.807) is 26.0 Å². The van der Waals surface area contributed by atoms with E-state index in [1.165, 1.54) is 26.0 Å². The lowest BCUT2D eigenvalue weighted by Gasteiger charge is -2.17. The van der Waals surface area contributed by atoms with Crippen molar-refractivity contribution in [1.82, 2.24) is 9.71 Å². The van der Waals surface area contributed by atoms with Crippen LogP contribution in [-0.2, 0) is 10.0 Å². The summed E-state index contributed by atoms with van der Waals surface area (Å²) >= 11 is 0. The first kappa shape index (κ1) is 16.2. The highest BCUT2D eigenvalue weighted by Crippen LogP contribution is 2.24. The third-order valence-corrected chi connectivity index (χ3v) is 4.68. The van der Waals surface area contributed by atoms with Crippen LogP contribution in [0, 0.1) is 25.2 Å². The Morgan fingerprint density at radius 3 is 2.27 bits per heavy atom. The monoisotopic (exact) mass is 319 g/mol. The first-order valence-electron chi connectivity index (χ1n) is 6.64. The second-order valence-corrected chi connectivity index (χ2v) is 7.19. The molecule has 0 aliphatic heterocycles. The quantitative estimate of drug-likeness (QED) is 0.934. The number of sulfonamides is 1. The fraction of sp³-hybridized carbons (Fsp3) is 0.333. The van der Waals surface area contributed by atoms with Gasteiger partial charge in [-0.3, -0.25) is 0 Å². The summed E-state index contributed by atoms with van der Waals surface area (Å²) in [5, 5.41) is 8.93. The van der Waals surface area contributed by atoms with E-state index in [0.29, 0.717) is 17.3 Å². The minimum absolute atomic E-state index is 0.0949. The number of nitrogens with one attached hydrogen (secondary N) is 1. The molecule has 2 rings (SSSR count). The highest BCUT2D eigenvalue weighted by atomic mass is 32.2. The molecule has 0 unspecified atom stereocenters. The van der Waals surface area contributed by atoms with Gasteiger partial charge in [0.15, 0.2) is 5.89 Å². The molecular formula is C15H17N3O3S. The summed E-state index contributed by atoms with van der Waals surface area (Å²) in [6.45, 7) is 6.56. The maximum atomic E-state index is 12.2. The van der Waals surface area contributed by atoms with Crippen molar-refractivity contribution in [3.8, 4) is 17.3 Å². The van der Waals surface area contributed by atoms with E-state index in [-0.39, 0.29) is 4.90 Å². The maximum absolute atomic E-state index is 12.2. The molecule has 0 bridgehead atoms. The summed E-state index contributed by atoms with van der Waals surface area (Å²) in [5.74, 6) is 1.23. The number of hydrogen-bond donors (Lipinski definition) is 1. The van der Waals surface area contributed by atoms with Gasteiger partial charge in [0.1, 0.15) is 17.0 Å². The number of oxazole rings is 1. The summed E-state index contributed by atoms with van der Waals surface area (Å²) in [6, 6.07) is 8.19. The lowest BCUT2D eigenvalue weighted by molar-refractivity contribution is 0.495. The SMILES string of the molecule is Cc1nc(-c2ccc(S(=O)(=O)NC(C)(C)C#N)cc2)c(C)o1. The van der Waals surface area contributed by atoms with Crippen LogP contribution in [-0.4, -0.2) is 18.9 Å². The predicted molar refractivity (Wildman–Crippen MR) is 81.4 cm³/mol. The number of aryl methyl sites for hydroxylation is 2. The first-order valence-corrected chi connectivity index (χ1v) is 8.13. The largest absolute Gasteiger partial charge is 0.446 e. The molecule has 6 nitrogen and oxygen atoms in total. The van der Waals surface area contributed by atoms with Crippen molar-refractivity contribution in [1.29, 1.82) is 5.26 Å². The van der Waals surface area contributed by atoms with Crippen LogP contribution in [0.25, 0.3) is 11.3 Å². The van der Waals surface area contributed by atoms with Gasteiger partial charge in [0.2, 0.25) is 10.0 Å². The molecule has 22 heavy (non-hydrogen) atoms. The molecule has 2 aromatic rings. The Balaban J connectivity index is 2.33. The number of aromatic nitrogens is 1. The van der Waals surface area contributed by atoms with Crippen molar-refractivity contribution in [2.24, 2.45) is 0 Å². The van der Waals surface area contributed by atoms with Crippen molar-refractivity contribution >= 4 is 10.0 Å². The van der Waals surface area contributed by atoms with E-state index in [0.717, 1.165) is 5.56 Å². The summed E-state index contributed by atoms with van der Waals surface area (Å²) in [6.07, 6.45) is 0. The van der Waals surface area contributed by atoms with Gasteiger partial charge < -0.3 is 4.42 Å². The fourth-order valence-corrected chi connectivity index (χ4v) is 3.34. The molecule has 0 saturated heterocycles. The normalized spacial score (nSPS) is 12.1. The van der Waals surface area contributed by atoms with E-state index in [2.05, 4.69) is 9.71 Å². The molecule has 1 aromatic carbocycles. The molecule has 0 fully saturated rings. The molecule has 1 heterocycles. The zero-order chi connectivity index (χ0) is 16.5. The third kappa shape index (κ3) is 3.35. The Morgan fingerprint density at radius 1 is 1.23 bits per heavy atom. The molecule has 7 heteroatoms. The van der Waals surface area contributed by atoms with Crippen molar-refractivity contribution in [2.45, 2.75) is 38.1 Å². The van der Waals surface area contributed by atoms with Crippen molar-refractivity contribution < 1.29 is 12.8 Å². The zero-order valence-corrected chi connectivity index (χ0v) is 13.7. The van der Waals surface area contributed by atoms with Crippen LogP contribution in [0.5, 0.6) is 0 Å². The number of benzene rings is 1. The third-order valence-electron chi connectivity index (χ3n) is 3.01. The zero-order valence-electron chi connectivity index (χ0n) is 12.8. The lowest BCUT2D eigenvalue weighted by Crippen LogP contribution is -2.41. The molecule has 0 radical (unpaired) electrons. The van der Waals surface area contributed by atoms with Gasteiger partial charge in [0, 0.05) is 12.5 Å². The molecule has 0 aliphatic rings. The molecule has 1 aromatic heterocycles. The van der Waals surface area contributed by atoms with Gasteiger partial charge >= 0.3 is 0 Å². The summed E-state index contributed by atoms with van der Waals surface area (Å²) in [4.78, 5) is 4.37. The molecule has 0 spiro atoms. The highest BCUT2D eigenvalue weighted by molar-refractivity contribution is 7.89. The van der Waals surface area contributed by atoms with Crippen LogP contribution in [0.3, 0.4) is 0 Å². The Kier molecular flexibility index (Phi) is 4.09. The van der Waals surface area contributed by atoms with E-state index >= 15 is 0 Å². The molecule has 116 valence electrons. The number of rotatable bonds is 4. The van der Waals surface area contributed by atoms with Gasteiger partial charge in [0.05, 0.1) is 11.0 Å². The molecule has 0 amide bonds. The molecule has 0 atom stereocenters.